The maximum atomic E-state index is 11.0. The average molecular weight is 289 g/mol. The largest absolute Gasteiger partial charge is 0.478 e. The SMILES string of the molecule is Cc1cccc([N+](=O)[O-])c1Sc1cccc(C(=O)O)c1. The van der Waals surface area contributed by atoms with Crippen molar-refractivity contribution >= 4 is 23.4 Å². The highest BCUT2D eigenvalue weighted by Crippen LogP contribution is 2.37. The van der Waals surface area contributed by atoms with Crippen LogP contribution >= 0.6 is 11.8 Å². The number of carboxylic acids is 1. The Bertz CT molecular complexity index is 685. The van der Waals surface area contributed by atoms with Gasteiger partial charge in [-0.3, -0.25) is 10.1 Å². The number of carboxylic acid groups (broad SMARTS) is 1. The Morgan fingerprint density at radius 1 is 1.25 bits per heavy atom. The molecule has 0 saturated heterocycles. The van der Waals surface area contributed by atoms with E-state index in [1.165, 1.54) is 30.0 Å². The van der Waals surface area contributed by atoms with Crippen molar-refractivity contribution in [3.05, 3.63) is 63.7 Å². The Labute approximate surface area is 119 Å². The van der Waals surface area contributed by atoms with Gasteiger partial charge in [-0.2, -0.15) is 0 Å². The van der Waals surface area contributed by atoms with Gasteiger partial charge in [0.1, 0.15) is 0 Å². The van der Waals surface area contributed by atoms with Crippen molar-refractivity contribution in [3.63, 3.8) is 0 Å². The Morgan fingerprint density at radius 2 is 1.95 bits per heavy atom. The molecule has 102 valence electrons. The molecule has 0 aliphatic carbocycles. The second-order valence-corrected chi connectivity index (χ2v) is 5.20. The van der Waals surface area contributed by atoms with Crippen molar-refractivity contribution in [2.45, 2.75) is 16.7 Å². The molecule has 0 bridgehead atoms. The molecule has 0 unspecified atom stereocenters. The normalized spacial score (nSPS) is 10.2. The first kappa shape index (κ1) is 14.1. The summed E-state index contributed by atoms with van der Waals surface area (Å²) in [6, 6.07) is 11.2. The fourth-order valence-corrected chi connectivity index (χ4v) is 2.77. The maximum Gasteiger partial charge on any atom is 0.335 e. The minimum Gasteiger partial charge on any atom is -0.478 e. The van der Waals surface area contributed by atoms with Crippen LogP contribution in [0.5, 0.6) is 0 Å². The number of hydrogen-bond acceptors (Lipinski definition) is 4. The summed E-state index contributed by atoms with van der Waals surface area (Å²) in [4.78, 5) is 22.7. The molecule has 6 heteroatoms. The predicted octanol–water partition coefficient (Wildman–Crippen LogP) is 3.75. The van der Waals surface area contributed by atoms with E-state index in [9.17, 15) is 14.9 Å². The lowest BCUT2D eigenvalue weighted by atomic mass is 10.2. The first-order valence-electron chi connectivity index (χ1n) is 5.74. The molecular formula is C14H11NO4S. The van der Waals surface area contributed by atoms with Gasteiger partial charge in [0.15, 0.2) is 0 Å². The second kappa shape index (κ2) is 5.75. The third-order valence-electron chi connectivity index (χ3n) is 2.69. The summed E-state index contributed by atoms with van der Waals surface area (Å²) in [5.41, 5.74) is 0.965. The van der Waals surface area contributed by atoms with E-state index in [2.05, 4.69) is 0 Å². The van der Waals surface area contributed by atoms with Gasteiger partial charge in [0.2, 0.25) is 0 Å². The van der Waals surface area contributed by atoms with Gasteiger partial charge < -0.3 is 5.11 Å². The summed E-state index contributed by atoms with van der Waals surface area (Å²) in [5, 5.41) is 20.0. The van der Waals surface area contributed by atoms with Crippen LogP contribution in [0.15, 0.2) is 52.3 Å². The lowest BCUT2D eigenvalue weighted by molar-refractivity contribution is -0.387. The van der Waals surface area contributed by atoms with Crippen molar-refractivity contribution in [1.82, 2.24) is 0 Å². The first-order chi connectivity index (χ1) is 9.49. The van der Waals surface area contributed by atoms with E-state index in [-0.39, 0.29) is 11.3 Å². The van der Waals surface area contributed by atoms with Gasteiger partial charge in [0.05, 0.1) is 15.4 Å². The molecule has 0 atom stereocenters. The molecule has 1 N–H and O–H groups in total. The molecule has 0 radical (unpaired) electrons. The van der Waals surface area contributed by atoms with Gasteiger partial charge in [0.25, 0.3) is 5.69 Å². The van der Waals surface area contributed by atoms with Crippen LogP contribution in [-0.2, 0) is 0 Å². The summed E-state index contributed by atoms with van der Waals surface area (Å²) >= 11 is 1.20. The van der Waals surface area contributed by atoms with Crippen molar-refractivity contribution in [2.75, 3.05) is 0 Å². The Hall–Kier alpha value is -2.34. The number of hydrogen-bond donors (Lipinski definition) is 1. The minimum absolute atomic E-state index is 0.0238. The standard InChI is InChI=1S/C14H11NO4S/c1-9-4-2-7-12(15(18)19)13(9)20-11-6-3-5-10(8-11)14(16)17/h2-8H,1H3,(H,16,17). The van der Waals surface area contributed by atoms with Crippen molar-refractivity contribution < 1.29 is 14.8 Å². The second-order valence-electron chi connectivity index (χ2n) is 4.12. The first-order valence-corrected chi connectivity index (χ1v) is 6.56. The zero-order valence-electron chi connectivity index (χ0n) is 10.6. The highest BCUT2D eigenvalue weighted by atomic mass is 32.2. The third-order valence-corrected chi connectivity index (χ3v) is 3.91. The van der Waals surface area contributed by atoms with Crippen LogP contribution in [0.1, 0.15) is 15.9 Å². The molecule has 2 rings (SSSR count). The van der Waals surface area contributed by atoms with Gasteiger partial charge in [-0.1, -0.05) is 30.0 Å². The molecule has 0 amide bonds. The number of aryl methyl sites for hydroxylation is 1. The van der Waals surface area contributed by atoms with Gasteiger partial charge in [-0.05, 0) is 30.7 Å². The van der Waals surface area contributed by atoms with Crippen LogP contribution in [0.4, 0.5) is 5.69 Å². The molecule has 0 spiro atoms. The molecule has 0 aromatic heterocycles. The Kier molecular flexibility index (Phi) is 4.05. The van der Waals surface area contributed by atoms with Crippen molar-refractivity contribution in [3.8, 4) is 0 Å². The predicted molar refractivity (Wildman–Crippen MR) is 75.4 cm³/mol. The van der Waals surface area contributed by atoms with Crippen LogP contribution < -0.4 is 0 Å². The molecule has 0 heterocycles. The molecule has 5 nitrogen and oxygen atoms in total. The molecule has 0 aliphatic heterocycles. The Morgan fingerprint density at radius 3 is 2.60 bits per heavy atom. The maximum absolute atomic E-state index is 11.0. The van der Waals surface area contributed by atoms with Crippen LogP contribution in [0.3, 0.4) is 0 Å². The molecule has 2 aromatic carbocycles. The van der Waals surface area contributed by atoms with Crippen molar-refractivity contribution in [2.24, 2.45) is 0 Å². The lowest BCUT2D eigenvalue weighted by Gasteiger charge is -2.07. The fraction of sp³-hybridized carbons (Fsp3) is 0.0714. The number of carbonyl (C=O) groups is 1. The molecule has 0 fully saturated rings. The smallest absolute Gasteiger partial charge is 0.335 e. The van der Waals surface area contributed by atoms with Crippen LogP contribution in [0, 0.1) is 17.0 Å². The van der Waals surface area contributed by atoms with E-state index in [0.29, 0.717) is 9.79 Å². The summed E-state index contributed by atoms with van der Waals surface area (Å²) in [6.45, 7) is 1.79. The van der Waals surface area contributed by atoms with Gasteiger partial charge in [-0.25, -0.2) is 4.79 Å². The highest BCUT2D eigenvalue weighted by molar-refractivity contribution is 7.99. The Balaban J connectivity index is 2.42. The quantitative estimate of drug-likeness (QED) is 0.684. The monoisotopic (exact) mass is 289 g/mol. The molecule has 0 aliphatic rings. The zero-order chi connectivity index (χ0) is 14.7. The highest BCUT2D eigenvalue weighted by Gasteiger charge is 2.17. The fourth-order valence-electron chi connectivity index (χ4n) is 1.72. The summed E-state index contributed by atoms with van der Waals surface area (Å²) in [6.07, 6.45) is 0. The molecule has 0 saturated carbocycles. The summed E-state index contributed by atoms with van der Waals surface area (Å²) < 4.78 is 0. The van der Waals surface area contributed by atoms with Crippen LogP contribution in [0.2, 0.25) is 0 Å². The summed E-state index contributed by atoms with van der Waals surface area (Å²) in [7, 11) is 0. The number of rotatable bonds is 4. The number of nitro benzene ring substituents is 1. The van der Waals surface area contributed by atoms with E-state index in [1.807, 2.05) is 0 Å². The van der Waals surface area contributed by atoms with Gasteiger partial charge in [-0.15, -0.1) is 0 Å². The van der Waals surface area contributed by atoms with E-state index >= 15 is 0 Å². The molecule has 2 aromatic rings. The van der Waals surface area contributed by atoms with Crippen LogP contribution in [0.25, 0.3) is 0 Å². The summed E-state index contributed by atoms with van der Waals surface area (Å²) in [5.74, 6) is -1.02. The number of nitro groups is 1. The van der Waals surface area contributed by atoms with E-state index in [4.69, 9.17) is 5.11 Å². The molecular weight excluding hydrogens is 278 g/mol. The van der Waals surface area contributed by atoms with Gasteiger partial charge >= 0.3 is 5.97 Å². The zero-order valence-corrected chi connectivity index (χ0v) is 11.4. The topological polar surface area (TPSA) is 80.4 Å². The van der Waals surface area contributed by atoms with Crippen LogP contribution in [-0.4, -0.2) is 16.0 Å². The third kappa shape index (κ3) is 2.97. The minimum atomic E-state index is -1.02. The molecule has 20 heavy (non-hydrogen) atoms. The lowest BCUT2D eigenvalue weighted by Crippen LogP contribution is -1.96. The van der Waals surface area contributed by atoms with E-state index in [1.54, 1.807) is 31.2 Å². The van der Waals surface area contributed by atoms with Gasteiger partial charge in [0, 0.05) is 11.0 Å². The van der Waals surface area contributed by atoms with Crippen molar-refractivity contribution in [1.29, 1.82) is 0 Å². The van der Waals surface area contributed by atoms with E-state index in [0.717, 1.165) is 5.56 Å². The number of nitrogens with zero attached hydrogens (tertiary/aromatic N) is 1. The van der Waals surface area contributed by atoms with E-state index < -0.39 is 10.9 Å². The average Bonchev–Trinajstić information content (AvgIpc) is 2.41. The number of benzene rings is 2. The number of aromatic carboxylic acids is 1.